The number of carbonyl (C=O) groups excluding carboxylic acids is 2. The van der Waals surface area contributed by atoms with Crippen LogP contribution in [0.15, 0.2) is 58.6 Å². The fourth-order valence-corrected chi connectivity index (χ4v) is 3.81. The second kappa shape index (κ2) is 6.96. The summed E-state index contributed by atoms with van der Waals surface area (Å²) in [6.45, 7) is 1.78. The van der Waals surface area contributed by atoms with Crippen LogP contribution in [0.2, 0.25) is 0 Å². The predicted octanol–water partition coefficient (Wildman–Crippen LogP) is 3.19. The van der Waals surface area contributed by atoms with E-state index in [0.717, 1.165) is 0 Å². The molecule has 2 amide bonds. The lowest BCUT2D eigenvalue weighted by atomic mass is 10.1. The normalized spacial score (nSPS) is 19.0. The van der Waals surface area contributed by atoms with Crippen LogP contribution in [-0.4, -0.2) is 39.4 Å². The first-order valence-corrected chi connectivity index (χ1v) is 9.29. The summed E-state index contributed by atoms with van der Waals surface area (Å²) in [7, 11) is 0. The van der Waals surface area contributed by atoms with Crippen LogP contribution in [0.4, 0.5) is 10.1 Å². The number of amidine groups is 1. The van der Waals surface area contributed by atoms with Crippen molar-refractivity contribution in [3.05, 3.63) is 65.5 Å². The Hall–Kier alpha value is -3.00. The molecule has 2 aliphatic heterocycles. The highest BCUT2D eigenvalue weighted by molar-refractivity contribution is 8.14. The second-order valence-electron chi connectivity index (χ2n) is 6.10. The predicted molar refractivity (Wildman–Crippen MR) is 103 cm³/mol. The molecule has 0 saturated heterocycles. The molecule has 0 saturated carbocycles. The number of halogens is 1. The number of fused-ring (bicyclic) bond motifs is 1. The summed E-state index contributed by atoms with van der Waals surface area (Å²) >= 11 is 1.41. The second-order valence-corrected chi connectivity index (χ2v) is 7.06. The zero-order chi connectivity index (χ0) is 19.0. The molecule has 0 spiro atoms. The quantitative estimate of drug-likeness (QED) is 0.828. The van der Waals surface area contributed by atoms with E-state index in [0.29, 0.717) is 33.4 Å². The Balaban J connectivity index is 1.50. The van der Waals surface area contributed by atoms with Gasteiger partial charge < -0.3 is 0 Å². The van der Waals surface area contributed by atoms with Crippen molar-refractivity contribution in [3.8, 4) is 0 Å². The van der Waals surface area contributed by atoms with Gasteiger partial charge in [0.2, 0.25) is 0 Å². The third kappa shape index (κ3) is 3.23. The van der Waals surface area contributed by atoms with Crippen molar-refractivity contribution in [2.24, 2.45) is 10.1 Å². The van der Waals surface area contributed by atoms with E-state index in [1.54, 1.807) is 43.3 Å². The number of nitrogens with zero attached hydrogens (tertiary/aromatic N) is 3. The number of carbonyl (C=O) groups is 2. The van der Waals surface area contributed by atoms with Crippen LogP contribution in [0.5, 0.6) is 0 Å². The molecule has 0 aromatic heterocycles. The Bertz CT molecular complexity index is 952. The molecule has 2 heterocycles. The zero-order valence-corrected chi connectivity index (χ0v) is 15.2. The Kier molecular flexibility index (Phi) is 4.49. The largest absolute Gasteiger partial charge is 0.269 e. The molecule has 0 aliphatic carbocycles. The summed E-state index contributed by atoms with van der Waals surface area (Å²) in [5.74, 6) is -0.442. The molecule has 1 N–H and O–H groups in total. The van der Waals surface area contributed by atoms with Gasteiger partial charge >= 0.3 is 0 Å². The number of thioether (sulfide) groups is 1. The van der Waals surface area contributed by atoms with Gasteiger partial charge in [-0.25, -0.2) is 9.38 Å². The standard InChI is InChI=1S/C19H15FN4O2S/c1-11(24-17(25)14-4-2-3-5-15(14)18(24)26)16-10-27-19(23-22-16)21-13-8-6-12(20)7-9-13/h2-9,11H,10H2,1H3,(H,21,23). The Morgan fingerprint density at radius 1 is 1.11 bits per heavy atom. The highest BCUT2D eigenvalue weighted by Crippen LogP contribution is 2.26. The number of hydrazone groups is 1. The van der Waals surface area contributed by atoms with Crippen LogP contribution in [0.25, 0.3) is 0 Å². The summed E-state index contributed by atoms with van der Waals surface area (Å²) < 4.78 is 13.0. The number of benzene rings is 2. The van der Waals surface area contributed by atoms with Crippen LogP contribution >= 0.6 is 11.8 Å². The van der Waals surface area contributed by atoms with Crippen LogP contribution in [-0.2, 0) is 0 Å². The molecule has 2 aromatic carbocycles. The summed E-state index contributed by atoms with van der Waals surface area (Å²) in [5, 5.41) is 4.87. The van der Waals surface area contributed by atoms with Gasteiger partial charge in [0.1, 0.15) is 5.82 Å². The topological polar surface area (TPSA) is 74.1 Å². The van der Waals surface area contributed by atoms with Crippen molar-refractivity contribution < 1.29 is 14.0 Å². The molecule has 0 radical (unpaired) electrons. The van der Waals surface area contributed by atoms with E-state index in [-0.39, 0.29) is 17.6 Å². The molecule has 27 heavy (non-hydrogen) atoms. The van der Waals surface area contributed by atoms with Gasteiger partial charge in [0.25, 0.3) is 11.8 Å². The maximum absolute atomic E-state index is 13.0. The summed E-state index contributed by atoms with van der Waals surface area (Å²) in [6, 6.07) is 12.2. The van der Waals surface area contributed by atoms with Gasteiger partial charge in [0, 0.05) is 5.75 Å². The van der Waals surface area contributed by atoms with Crippen molar-refractivity contribution in [1.82, 2.24) is 10.3 Å². The molecule has 1 atom stereocenters. The molecule has 2 aromatic rings. The average Bonchev–Trinajstić information content (AvgIpc) is 2.95. The van der Waals surface area contributed by atoms with Gasteiger partial charge in [-0.3, -0.25) is 19.9 Å². The maximum atomic E-state index is 13.0. The molecule has 4 rings (SSSR count). The highest BCUT2D eigenvalue weighted by Gasteiger charge is 2.40. The van der Waals surface area contributed by atoms with Crippen LogP contribution in [0.3, 0.4) is 0 Å². The van der Waals surface area contributed by atoms with E-state index in [9.17, 15) is 14.0 Å². The number of aliphatic imine (C=N–C) groups is 1. The van der Waals surface area contributed by atoms with Crippen molar-refractivity contribution in [3.63, 3.8) is 0 Å². The minimum Gasteiger partial charge on any atom is -0.269 e. The van der Waals surface area contributed by atoms with E-state index in [4.69, 9.17) is 0 Å². The van der Waals surface area contributed by atoms with Gasteiger partial charge in [-0.2, -0.15) is 5.10 Å². The summed E-state index contributed by atoms with van der Waals surface area (Å²) in [6.07, 6.45) is 0. The Morgan fingerprint density at radius 2 is 1.74 bits per heavy atom. The molecule has 136 valence electrons. The number of rotatable bonds is 3. The molecule has 8 heteroatoms. The third-order valence-corrected chi connectivity index (χ3v) is 5.30. The highest BCUT2D eigenvalue weighted by atomic mass is 32.2. The molecular weight excluding hydrogens is 367 g/mol. The van der Waals surface area contributed by atoms with Crippen LogP contribution < -0.4 is 5.43 Å². The monoisotopic (exact) mass is 382 g/mol. The molecule has 1 unspecified atom stereocenters. The SMILES string of the molecule is CC(C1=NNC(=Nc2ccc(F)cc2)SC1)N1C(=O)c2ccccc2C1=O. The number of imide groups is 1. The van der Waals surface area contributed by atoms with E-state index in [2.05, 4.69) is 15.5 Å². The average molecular weight is 382 g/mol. The van der Waals surface area contributed by atoms with Gasteiger partial charge in [0.05, 0.1) is 28.6 Å². The van der Waals surface area contributed by atoms with Gasteiger partial charge in [-0.15, -0.1) is 0 Å². The van der Waals surface area contributed by atoms with E-state index >= 15 is 0 Å². The first-order valence-electron chi connectivity index (χ1n) is 8.31. The zero-order valence-electron chi connectivity index (χ0n) is 14.3. The Labute approximate surface area is 159 Å². The first kappa shape index (κ1) is 17.4. The van der Waals surface area contributed by atoms with Crippen molar-refractivity contribution in [1.29, 1.82) is 0 Å². The van der Waals surface area contributed by atoms with Crippen molar-refractivity contribution in [2.75, 3.05) is 5.75 Å². The lowest BCUT2D eigenvalue weighted by molar-refractivity contribution is 0.0634. The van der Waals surface area contributed by atoms with Crippen LogP contribution in [0.1, 0.15) is 27.6 Å². The smallest absolute Gasteiger partial charge is 0.262 e. The maximum Gasteiger partial charge on any atom is 0.262 e. The minimum atomic E-state index is -0.468. The van der Waals surface area contributed by atoms with Crippen molar-refractivity contribution in [2.45, 2.75) is 13.0 Å². The molecule has 2 aliphatic rings. The lowest BCUT2D eigenvalue weighted by Gasteiger charge is -2.26. The Morgan fingerprint density at radius 3 is 2.30 bits per heavy atom. The number of nitrogens with one attached hydrogen (secondary N) is 1. The van der Waals surface area contributed by atoms with Crippen LogP contribution in [0, 0.1) is 5.82 Å². The van der Waals surface area contributed by atoms with E-state index in [1.807, 2.05) is 0 Å². The molecule has 0 fully saturated rings. The minimum absolute atomic E-state index is 0.304. The number of amides is 2. The van der Waals surface area contributed by atoms with Gasteiger partial charge in [-0.1, -0.05) is 23.9 Å². The van der Waals surface area contributed by atoms with Gasteiger partial charge in [0.15, 0.2) is 5.17 Å². The number of hydrogen-bond donors (Lipinski definition) is 1. The fraction of sp³-hybridized carbons (Fsp3) is 0.158. The van der Waals surface area contributed by atoms with E-state index in [1.165, 1.54) is 28.8 Å². The fourth-order valence-electron chi connectivity index (χ4n) is 2.94. The lowest BCUT2D eigenvalue weighted by Crippen LogP contribution is -2.45. The van der Waals surface area contributed by atoms with Crippen molar-refractivity contribution >= 4 is 40.1 Å². The van der Waals surface area contributed by atoms with Gasteiger partial charge in [-0.05, 0) is 43.3 Å². The molecular formula is C19H15FN4O2S. The molecule has 0 bridgehead atoms. The summed E-state index contributed by atoms with van der Waals surface area (Å²) in [4.78, 5) is 30.8. The summed E-state index contributed by atoms with van der Waals surface area (Å²) in [5.41, 5.74) is 4.97. The third-order valence-electron chi connectivity index (χ3n) is 4.40. The van der Waals surface area contributed by atoms with E-state index < -0.39 is 6.04 Å². The number of hydrogen-bond acceptors (Lipinski definition) is 5. The molecule has 6 nitrogen and oxygen atoms in total. The first-order chi connectivity index (χ1) is 13.0.